The second-order valence-corrected chi connectivity index (χ2v) is 7.11. The van der Waals surface area contributed by atoms with Gasteiger partial charge < -0.3 is 20.1 Å². The molecule has 136 valence electrons. The zero-order chi connectivity index (χ0) is 19.0. The lowest BCUT2D eigenvalue weighted by Gasteiger charge is -2.36. The summed E-state index contributed by atoms with van der Waals surface area (Å²) in [6, 6.07) is 6.25. The molecule has 2 N–H and O–H groups in total. The highest BCUT2D eigenvalue weighted by Gasteiger charge is 2.33. The van der Waals surface area contributed by atoms with Crippen molar-refractivity contribution in [2.75, 3.05) is 12.4 Å². The summed E-state index contributed by atoms with van der Waals surface area (Å²) in [5.74, 6) is 0.613. The molecule has 0 bridgehead atoms. The molecule has 0 fully saturated rings. The molecule has 0 unspecified atom stereocenters. The summed E-state index contributed by atoms with van der Waals surface area (Å²) >= 11 is 17.7. The largest absolute Gasteiger partial charge is 0.360 e. The van der Waals surface area contributed by atoms with Crippen molar-refractivity contribution in [3.05, 3.63) is 56.9 Å². The molecule has 26 heavy (non-hydrogen) atoms. The first-order valence-corrected chi connectivity index (χ1v) is 8.89. The third-order valence-electron chi connectivity index (χ3n) is 4.14. The van der Waals surface area contributed by atoms with E-state index in [4.69, 9.17) is 39.9 Å². The molecule has 1 amide bonds. The zero-order valence-corrected chi connectivity index (χ0v) is 16.6. The zero-order valence-electron chi connectivity index (χ0n) is 14.3. The van der Waals surface area contributed by atoms with Gasteiger partial charge in [0.15, 0.2) is 10.9 Å². The van der Waals surface area contributed by atoms with E-state index in [1.54, 1.807) is 43.1 Å². The Balaban J connectivity index is 2.03. The minimum absolute atomic E-state index is 0.325. The van der Waals surface area contributed by atoms with Crippen molar-refractivity contribution in [1.82, 2.24) is 15.4 Å². The van der Waals surface area contributed by atoms with Gasteiger partial charge in [-0.25, -0.2) is 0 Å². The maximum Gasteiger partial charge on any atom is 0.257 e. The van der Waals surface area contributed by atoms with E-state index >= 15 is 0 Å². The van der Waals surface area contributed by atoms with Gasteiger partial charge in [-0.2, -0.15) is 0 Å². The summed E-state index contributed by atoms with van der Waals surface area (Å²) in [5, 5.41) is 11.2. The Bertz CT molecular complexity index is 925. The van der Waals surface area contributed by atoms with Gasteiger partial charge in [0.05, 0.1) is 11.6 Å². The molecule has 0 aliphatic carbocycles. The molecule has 0 saturated heterocycles. The molecule has 1 atom stereocenters. The van der Waals surface area contributed by atoms with Gasteiger partial charge in [0, 0.05) is 28.9 Å². The number of nitrogens with zero attached hydrogens (tertiary/aromatic N) is 2. The van der Waals surface area contributed by atoms with Gasteiger partial charge >= 0.3 is 0 Å². The molecule has 1 aliphatic heterocycles. The quantitative estimate of drug-likeness (QED) is 0.743. The van der Waals surface area contributed by atoms with E-state index < -0.39 is 6.04 Å². The third kappa shape index (κ3) is 3.56. The van der Waals surface area contributed by atoms with Crippen molar-refractivity contribution in [2.45, 2.75) is 19.9 Å². The fraction of sp³-hybridized carbons (Fsp3) is 0.235. The Hall–Kier alpha value is -2.09. The number of thiocarbonyl (C=S) groups is 1. The Morgan fingerprint density at radius 2 is 2.08 bits per heavy atom. The van der Waals surface area contributed by atoms with Crippen molar-refractivity contribution in [1.29, 1.82) is 0 Å². The number of carbonyl (C=O) groups excluding carboxylic acids is 1. The second-order valence-electron chi connectivity index (χ2n) is 5.88. The Morgan fingerprint density at radius 1 is 1.35 bits per heavy atom. The maximum absolute atomic E-state index is 13.0. The van der Waals surface area contributed by atoms with Crippen LogP contribution in [0.1, 0.15) is 24.3 Å². The van der Waals surface area contributed by atoms with E-state index in [0.717, 1.165) is 0 Å². The number of carbonyl (C=O) groups is 1. The van der Waals surface area contributed by atoms with E-state index in [-0.39, 0.29) is 5.91 Å². The number of nitrogens with one attached hydrogen (secondary N) is 2. The van der Waals surface area contributed by atoms with Crippen LogP contribution in [0.25, 0.3) is 0 Å². The number of halogens is 2. The van der Waals surface area contributed by atoms with Crippen LogP contribution >= 0.6 is 35.4 Å². The van der Waals surface area contributed by atoms with Crippen molar-refractivity contribution in [3.63, 3.8) is 0 Å². The maximum atomic E-state index is 13.0. The minimum Gasteiger partial charge on any atom is -0.360 e. The lowest BCUT2D eigenvalue weighted by atomic mass is 9.94. The Morgan fingerprint density at radius 3 is 2.69 bits per heavy atom. The highest BCUT2D eigenvalue weighted by Crippen LogP contribution is 2.35. The summed E-state index contributed by atoms with van der Waals surface area (Å²) < 4.78 is 5.00. The van der Waals surface area contributed by atoms with Crippen molar-refractivity contribution in [3.8, 4) is 0 Å². The Kier molecular flexibility index (Phi) is 5.22. The van der Waals surface area contributed by atoms with Crippen LogP contribution in [0.5, 0.6) is 0 Å². The summed E-state index contributed by atoms with van der Waals surface area (Å²) in [6.45, 7) is 3.57. The van der Waals surface area contributed by atoms with Crippen LogP contribution in [-0.4, -0.2) is 28.1 Å². The number of rotatable bonds is 3. The predicted octanol–water partition coefficient (Wildman–Crippen LogP) is 4.06. The first-order chi connectivity index (χ1) is 12.3. The second kappa shape index (κ2) is 7.26. The number of aryl methyl sites for hydroxylation is 1. The molecule has 1 aliphatic rings. The molecule has 0 saturated carbocycles. The number of hydrogen-bond acceptors (Lipinski definition) is 4. The standard InChI is InChI=1S/C17H16Cl2N4O2S/c1-8-6-13(22-25-8)20-16(24)14-9(2)23(3)17(26)21-15(14)11-5-4-10(18)7-12(11)19/h4-7,15H,1-3H3,(H,21,26)(H,20,22,24)/t15-/m1/s1. The van der Waals surface area contributed by atoms with Crippen LogP contribution in [-0.2, 0) is 4.79 Å². The van der Waals surface area contributed by atoms with E-state index in [2.05, 4.69) is 15.8 Å². The fourth-order valence-electron chi connectivity index (χ4n) is 2.71. The molecule has 2 aromatic rings. The van der Waals surface area contributed by atoms with Gasteiger partial charge in [-0.1, -0.05) is 34.4 Å². The molecule has 2 heterocycles. The summed E-state index contributed by atoms with van der Waals surface area (Å²) in [4.78, 5) is 14.7. The van der Waals surface area contributed by atoms with E-state index in [1.807, 2.05) is 6.92 Å². The highest BCUT2D eigenvalue weighted by molar-refractivity contribution is 7.80. The summed E-state index contributed by atoms with van der Waals surface area (Å²) in [7, 11) is 1.79. The predicted molar refractivity (Wildman–Crippen MR) is 105 cm³/mol. The third-order valence-corrected chi connectivity index (χ3v) is 5.10. The SMILES string of the molecule is CC1=C(C(=O)Nc2cc(C)on2)[C@@H](c2ccc(Cl)cc2Cl)NC(=S)N1C. The molecule has 0 radical (unpaired) electrons. The van der Waals surface area contributed by atoms with Crippen LogP contribution in [0.3, 0.4) is 0 Å². The van der Waals surface area contributed by atoms with Gasteiger partial charge in [-0.3, -0.25) is 4.79 Å². The number of allylic oxidation sites excluding steroid dienone is 1. The molecule has 9 heteroatoms. The first-order valence-electron chi connectivity index (χ1n) is 7.72. The van der Waals surface area contributed by atoms with Crippen LogP contribution in [0.2, 0.25) is 10.0 Å². The van der Waals surface area contributed by atoms with Crippen LogP contribution < -0.4 is 10.6 Å². The number of amides is 1. The van der Waals surface area contributed by atoms with Crippen LogP contribution in [0, 0.1) is 6.92 Å². The molecule has 1 aromatic heterocycles. The number of hydrogen-bond donors (Lipinski definition) is 2. The molecule has 3 rings (SSSR count). The van der Waals surface area contributed by atoms with Gasteiger partial charge in [0.25, 0.3) is 5.91 Å². The van der Waals surface area contributed by atoms with Crippen LogP contribution in [0.15, 0.2) is 40.1 Å². The van der Waals surface area contributed by atoms with E-state index in [0.29, 0.717) is 43.6 Å². The van der Waals surface area contributed by atoms with E-state index in [9.17, 15) is 4.79 Å². The van der Waals surface area contributed by atoms with Crippen molar-refractivity contribution in [2.24, 2.45) is 0 Å². The average Bonchev–Trinajstić information content (AvgIpc) is 2.97. The average molecular weight is 411 g/mol. The molecule has 6 nitrogen and oxygen atoms in total. The number of aromatic nitrogens is 1. The summed E-state index contributed by atoms with van der Waals surface area (Å²) in [6.07, 6.45) is 0. The molecular weight excluding hydrogens is 395 g/mol. The molecular formula is C17H16Cl2N4O2S. The van der Waals surface area contributed by atoms with Crippen molar-refractivity contribution < 1.29 is 9.32 Å². The highest BCUT2D eigenvalue weighted by atomic mass is 35.5. The topological polar surface area (TPSA) is 70.4 Å². The Labute approximate surface area is 166 Å². The minimum atomic E-state index is -0.517. The fourth-order valence-corrected chi connectivity index (χ4v) is 3.48. The lowest BCUT2D eigenvalue weighted by molar-refractivity contribution is -0.113. The van der Waals surface area contributed by atoms with Gasteiger partial charge in [0.1, 0.15) is 5.76 Å². The van der Waals surface area contributed by atoms with Crippen molar-refractivity contribution >= 4 is 52.3 Å². The van der Waals surface area contributed by atoms with E-state index in [1.165, 1.54) is 0 Å². The number of benzene rings is 1. The monoisotopic (exact) mass is 410 g/mol. The smallest absolute Gasteiger partial charge is 0.257 e. The normalized spacial score (nSPS) is 17.3. The van der Waals surface area contributed by atoms with Gasteiger partial charge in [-0.15, -0.1) is 0 Å². The summed E-state index contributed by atoms with van der Waals surface area (Å²) in [5.41, 5.74) is 1.89. The molecule has 0 spiro atoms. The lowest BCUT2D eigenvalue weighted by Crippen LogP contribution is -2.46. The van der Waals surface area contributed by atoms with Gasteiger partial charge in [-0.05, 0) is 43.8 Å². The number of anilines is 1. The van der Waals surface area contributed by atoms with Crippen LogP contribution in [0.4, 0.5) is 5.82 Å². The van der Waals surface area contributed by atoms with Gasteiger partial charge in [0.2, 0.25) is 0 Å². The first kappa shape index (κ1) is 18.7. The molecule has 1 aromatic carbocycles.